The fraction of sp³-hybridized carbons (Fsp3) is 0.538. The maximum atomic E-state index is 5.56. The number of nitrogens with one attached hydrogen (secondary N) is 1. The van der Waals surface area contributed by atoms with Crippen molar-refractivity contribution >= 4 is 11.3 Å². The average molecular weight is 265 g/mol. The van der Waals surface area contributed by atoms with Crippen LogP contribution in [-0.4, -0.2) is 16.7 Å². The molecule has 1 unspecified atom stereocenters. The summed E-state index contributed by atoms with van der Waals surface area (Å²) in [6.07, 6.45) is 2.14. The smallest absolute Gasteiger partial charge is 0.183 e. The van der Waals surface area contributed by atoms with E-state index in [0.29, 0.717) is 6.04 Å². The Balaban J connectivity index is 2.13. The number of nitrogens with zero attached hydrogens (tertiary/aromatic N) is 2. The number of aromatic nitrogens is 2. The molecule has 0 amide bonds. The molecule has 0 aliphatic carbocycles. The first kappa shape index (κ1) is 13.2. The predicted octanol–water partition coefficient (Wildman–Crippen LogP) is 3.56. The first-order chi connectivity index (χ1) is 8.74. The van der Waals surface area contributed by atoms with Crippen LogP contribution in [0.3, 0.4) is 0 Å². The lowest BCUT2D eigenvalue weighted by molar-refractivity contribution is 0.512. The van der Waals surface area contributed by atoms with Crippen molar-refractivity contribution in [3.8, 4) is 10.8 Å². The summed E-state index contributed by atoms with van der Waals surface area (Å²) in [5.74, 6) is 1.71. The van der Waals surface area contributed by atoms with E-state index < -0.39 is 0 Å². The average Bonchev–Trinajstić information content (AvgIpc) is 2.99. The van der Waals surface area contributed by atoms with Gasteiger partial charge in [0.25, 0.3) is 0 Å². The molecule has 18 heavy (non-hydrogen) atoms. The zero-order chi connectivity index (χ0) is 13.0. The summed E-state index contributed by atoms with van der Waals surface area (Å²) in [5, 5.41) is 13.9. The van der Waals surface area contributed by atoms with E-state index in [1.54, 1.807) is 11.3 Å². The molecule has 0 saturated carbocycles. The highest BCUT2D eigenvalue weighted by Gasteiger charge is 2.16. The van der Waals surface area contributed by atoms with E-state index in [0.717, 1.165) is 40.9 Å². The van der Waals surface area contributed by atoms with Crippen LogP contribution in [0, 0.1) is 6.92 Å². The summed E-state index contributed by atoms with van der Waals surface area (Å²) >= 11 is 1.60. The monoisotopic (exact) mass is 265 g/mol. The van der Waals surface area contributed by atoms with Crippen LogP contribution in [0.1, 0.15) is 43.5 Å². The van der Waals surface area contributed by atoms with Gasteiger partial charge in [0.1, 0.15) is 10.8 Å². The molecule has 0 radical (unpaired) electrons. The molecule has 2 rings (SSSR count). The molecule has 2 heterocycles. The zero-order valence-electron chi connectivity index (χ0n) is 11.1. The Morgan fingerprint density at radius 2 is 2.17 bits per heavy atom. The lowest BCUT2D eigenvalue weighted by Gasteiger charge is -2.12. The maximum absolute atomic E-state index is 5.56. The number of rotatable bonds is 6. The van der Waals surface area contributed by atoms with Gasteiger partial charge in [-0.15, -0.1) is 10.2 Å². The Kier molecular flexibility index (Phi) is 4.49. The number of hydrogen-bond acceptors (Lipinski definition) is 5. The van der Waals surface area contributed by atoms with Crippen molar-refractivity contribution in [3.05, 3.63) is 22.9 Å². The molecule has 98 valence electrons. The van der Waals surface area contributed by atoms with Crippen molar-refractivity contribution < 1.29 is 4.42 Å². The molecular weight excluding hydrogens is 246 g/mol. The molecule has 0 fully saturated rings. The van der Waals surface area contributed by atoms with Crippen LogP contribution in [-0.2, 0) is 0 Å². The van der Waals surface area contributed by atoms with Crippen LogP contribution in [0.25, 0.3) is 10.8 Å². The summed E-state index contributed by atoms with van der Waals surface area (Å²) in [7, 11) is 0. The molecule has 0 aliphatic heterocycles. The van der Waals surface area contributed by atoms with E-state index >= 15 is 0 Å². The van der Waals surface area contributed by atoms with Crippen molar-refractivity contribution in [3.63, 3.8) is 0 Å². The molecule has 0 aliphatic rings. The van der Waals surface area contributed by atoms with E-state index in [4.69, 9.17) is 4.42 Å². The maximum Gasteiger partial charge on any atom is 0.183 e. The predicted molar refractivity (Wildman–Crippen MR) is 73.7 cm³/mol. The highest BCUT2D eigenvalue weighted by atomic mass is 32.1. The first-order valence-electron chi connectivity index (χ1n) is 6.38. The Morgan fingerprint density at radius 1 is 1.33 bits per heavy atom. The van der Waals surface area contributed by atoms with E-state index in [9.17, 15) is 0 Å². The zero-order valence-corrected chi connectivity index (χ0v) is 11.9. The highest BCUT2D eigenvalue weighted by Crippen LogP contribution is 2.29. The third-order valence-electron chi connectivity index (χ3n) is 2.74. The van der Waals surface area contributed by atoms with Crippen molar-refractivity contribution in [2.45, 2.75) is 39.7 Å². The molecule has 0 aromatic carbocycles. The number of furan rings is 1. The summed E-state index contributed by atoms with van der Waals surface area (Å²) in [6.45, 7) is 7.26. The second kappa shape index (κ2) is 6.11. The summed E-state index contributed by atoms with van der Waals surface area (Å²) in [4.78, 5) is 0. The van der Waals surface area contributed by atoms with Crippen molar-refractivity contribution in [1.29, 1.82) is 0 Å². The van der Waals surface area contributed by atoms with Crippen molar-refractivity contribution in [2.75, 3.05) is 6.54 Å². The molecule has 1 atom stereocenters. The van der Waals surface area contributed by atoms with Gasteiger partial charge in [-0.05, 0) is 38.4 Å². The largest absolute Gasteiger partial charge is 0.459 e. The Hall–Kier alpha value is -1.20. The van der Waals surface area contributed by atoms with Gasteiger partial charge in [-0.1, -0.05) is 25.2 Å². The van der Waals surface area contributed by atoms with Gasteiger partial charge in [-0.2, -0.15) is 0 Å². The van der Waals surface area contributed by atoms with E-state index in [1.165, 1.54) is 0 Å². The molecule has 0 spiro atoms. The molecular formula is C13H19N3OS. The minimum atomic E-state index is 0.298. The topological polar surface area (TPSA) is 51.0 Å². The quantitative estimate of drug-likeness (QED) is 0.867. The minimum Gasteiger partial charge on any atom is -0.459 e. The van der Waals surface area contributed by atoms with Gasteiger partial charge in [0.2, 0.25) is 0 Å². The minimum absolute atomic E-state index is 0.298. The van der Waals surface area contributed by atoms with Crippen LogP contribution in [0.2, 0.25) is 0 Å². The van der Waals surface area contributed by atoms with Crippen LogP contribution in [0.4, 0.5) is 0 Å². The van der Waals surface area contributed by atoms with Crippen molar-refractivity contribution in [2.24, 2.45) is 0 Å². The number of aryl methyl sites for hydroxylation is 1. The SMILES string of the molecule is CCCNC(CC)c1nnc(-c2ccc(C)o2)s1. The van der Waals surface area contributed by atoms with Gasteiger partial charge in [-0.25, -0.2) is 0 Å². The highest BCUT2D eigenvalue weighted by molar-refractivity contribution is 7.14. The molecule has 4 nitrogen and oxygen atoms in total. The molecule has 2 aromatic heterocycles. The first-order valence-corrected chi connectivity index (χ1v) is 7.19. The Morgan fingerprint density at radius 3 is 2.78 bits per heavy atom. The molecule has 1 N–H and O–H groups in total. The fourth-order valence-electron chi connectivity index (χ4n) is 1.75. The normalized spacial score (nSPS) is 12.8. The third kappa shape index (κ3) is 2.97. The molecule has 0 bridgehead atoms. The molecule has 5 heteroatoms. The van der Waals surface area contributed by atoms with Gasteiger partial charge in [-0.3, -0.25) is 0 Å². The second-order valence-electron chi connectivity index (χ2n) is 4.27. The molecule has 0 saturated heterocycles. The van der Waals surface area contributed by atoms with Crippen LogP contribution >= 0.6 is 11.3 Å². The van der Waals surface area contributed by atoms with Gasteiger partial charge in [0, 0.05) is 0 Å². The van der Waals surface area contributed by atoms with E-state index in [2.05, 4.69) is 29.4 Å². The van der Waals surface area contributed by atoms with Crippen LogP contribution in [0.5, 0.6) is 0 Å². The summed E-state index contributed by atoms with van der Waals surface area (Å²) in [5.41, 5.74) is 0. The van der Waals surface area contributed by atoms with Gasteiger partial charge >= 0.3 is 0 Å². The van der Waals surface area contributed by atoms with Gasteiger partial charge < -0.3 is 9.73 Å². The van der Waals surface area contributed by atoms with Crippen LogP contribution in [0.15, 0.2) is 16.5 Å². The van der Waals surface area contributed by atoms with E-state index in [-0.39, 0.29) is 0 Å². The summed E-state index contributed by atoms with van der Waals surface area (Å²) in [6, 6.07) is 4.19. The van der Waals surface area contributed by atoms with Gasteiger partial charge in [0.05, 0.1) is 6.04 Å². The Labute approximate surface area is 111 Å². The lowest BCUT2D eigenvalue weighted by Crippen LogP contribution is -2.21. The van der Waals surface area contributed by atoms with E-state index in [1.807, 2.05) is 19.1 Å². The Bertz CT molecular complexity index is 492. The third-order valence-corrected chi connectivity index (χ3v) is 3.79. The molecule has 2 aromatic rings. The fourth-order valence-corrected chi connectivity index (χ4v) is 2.71. The second-order valence-corrected chi connectivity index (χ2v) is 5.28. The standard InChI is InChI=1S/C13H19N3OS/c1-4-8-14-10(5-2)12-15-16-13(18-12)11-7-6-9(3)17-11/h6-7,10,14H,4-5,8H2,1-3H3. The lowest BCUT2D eigenvalue weighted by atomic mass is 10.2. The van der Waals surface area contributed by atoms with Crippen molar-refractivity contribution in [1.82, 2.24) is 15.5 Å². The summed E-state index contributed by atoms with van der Waals surface area (Å²) < 4.78 is 5.56. The van der Waals surface area contributed by atoms with Gasteiger partial charge in [0.15, 0.2) is 10.8 Å². The number of hydrogen-bond donors (Lipinski definition) is 1. The van der Waals surface area contributed by atoms with Crippen LogP contribution < -0.4 is 5.32 Å².